The van der Waals surface area contributed by atoms with E-state index in [-0.39, 0.29) is 18.4 Å². The normalized spacial score (nSPS) is 15.2. The summed E-state index contributed by atoms with van der Waals surface area (Å²) in [6, 6.07) is 7.66. The highest BCUT2D eigenvalue weighted by Crippen LogP contribution is 2.24. The number of nitrogens with zero attached hydrogens (tertiary/aromatic N) is 2. The molecule has 146 valence electrons. The van der Waals surface area contributed by atoms with Gasteiger partial charge in [-0.25, -0.2) is 8.42 Å². The summed E-state index contributed by atoms with van der Waals surface area (Å²) >= 11 is 0. The van der Waals surface area contributed by atoms with E-state index in [1.165, 1.54) is 29.8 Å². The lowest BCUT2D eigenvalue weighted by atomic mass is 10.1. The summed E-state index contributed by atoms with van der Waals surface area (Å²) in [4.78, 5) is 14.1. The van der Waals surface area contributed by atoms with Gasteiger partial charge >= 0.3 is 0 Å². The lowest BCUT2D eigenvalue weighted by molar-refractivity contribution is -0.121. The van der Waals surface area contributed by atoms with Gasteiger partial charge in [0.1, 0.15) is 0 Å². The third-order valence-electron chi connectivity index (χ3n) is 4.49. The summed E-state index contributed by atoms with van der Waals surface area (Å²) in [6.07, 6.45) is 5.32. The van der Waals surface area contributed by atoms with Crippen LogP contribution in [0.25, 0.3) is 0 Å². The minimum absolute atomic E-state index is 0.0473. The Morgan fingerprint density at radius 3 is 2.31 bits per heavy atom. The van der Waals surface area contributed by atoms with Crippen LogP contribution in [-0.4, -0.2) is 46.8 Å². The van der Waals surface area contributed by atoms with Gasteiger partial charge in [0.25, 0.3) is 0 Å². The van der Waals surface area contributed by atoms with Gasteiger partial charge in [-0.2, -0.15) is 0 Å². The molecule has 0 saturated carbocycles. The number of anilines is 2. The predicted octanol–water partition coefficient (Wildman–Crippen LogP) is 2.61. The molecule has 1 aromatic carbocycles. The second-order valence-electron chi connectivity index (χ2n) is 7.35. The minimum Gasteiger partial charge on any atom is -0.372 e. The molecule has 1 heterocycles. The molecular formula is C19H31N3O3S. The molecule has 0 unspecified atom stereocenters. The summed E-state index contributed by atoms with van der Waals surface area (Å²) in [5.41, 5.74) is 1.76. The molecule has 0 bridgehead atoms. The van der Waals surface area contributed by atoms with Crippen LogP contribution in [-0.2, 0) is 14.8 Å². The van der Waals surface area contributed by atoms with Gasteiger partial charge in [-0.3, -0.25) is 9.10 Å². The number of rotatable bonds is 8. The summed E-state index contributed by atoms with van der Waals surface area (Å²) in [5.74, 6) is 0.234. The Labute approximate surface area is 157 Å². The summed E-state index contributed by atoms with van der Waals surface area (Å²) in [5, 5.41) is 2.80. The topological polar surface area (TPSA) is 69.7 Å². The van der Waals surface area contributed by atoms with Crippen molar-refractivity contribution in [1.82, 2.24) is 5.32 Å². The van der Waals surface area contributed by atoms with Crippen molar-refractivity contribution in [3.05, 3.63) is 24.3 Å². The van der Waals surface area contributed by atoms with Gasteiger partial charge < -0.3 is 10.2 Å². The van der Waals surface area contributed by atoms with Crippen LogP contribution < -0.4 is 14.5 Å². The first-order chi connectivity index (χ1) is 12.3. The number of carbonyl (C=O) groups excluding carboxylic acids is 1. The number of amides is 1. The molecule has 0 atom stereocenters. The van der Waals surface area contributed by atoms with Crippen molar-refractivity contribution in [2.45, 2.75) is 39.5 Å². The summed E-state index contributed by atoms with van der Waals surface area (Å²) < 4.78 is 25.7. The molecule has 7 heteroatoms. The van der Waals surface area contributed by atoms with Gasteiger partial charge in [0.05, 0.1) is 18.5 Å². The first-order valence-corrected chi connectivity index (χ1v) is 11.2. The number of sulfonamides is 1. The molecule has 1 aromatic rings. The first kappa shape index (κ1) is 20.6. The van der Waals surface area contributed by atoms with E-state index < -0.39 is 10.0 Å². The van der Waals surface area contributed by atoms with E-state index in [1.54, 1.807) is 0 Å². The van der Waals surface area contributed by atoms with E-state index in [2.05, 4.69) is 10.2 Å². The number of nitrogens with one attached hydrogen (secondary N) is 1. The molecule has 1 N–H and O–H groups in total. The van der Waals surface area contributed by atoms with Crippen LogP contribution in [0.1, 0.15) is 39.5 Å². The van der Waals surface area contributed by atoms with Gasteiger partial charge in [0.2, 0.25) is 15.9 Å². The van der Waals surface area contributed by atoms with E-state index in [1.807, 2.05) is 38.1 Å². The molecule has 0 spiro atoms. The van der Waals surface area contributed by atoms with Crippen molar-refractivity contribution >= 4 is 27.3 Å². The van der Waals surface area contributed by atoms with Crippen LogP contribution >= 0.6 is 0 Å². The van der Waals surface area contributed by atoms with Crippen LogP contribution in [0, 0.1) is 5.92 Å². The molecule has 0 aromatic heterocycles. The van der Waals surface area contributed by atoms with Gasteiger partial charge in [0.15, 0.2) is 0 Å². The highest BCUT2D eigenvalue weighted by molar-refractivity contribution is 7.92. The largest absolute Gasteiger partial charge is 0.372 e. The van der Waals surface area contributed by atoms with E-state index in [9.17, 15) is 13.2 Å². The van der Waals surface area contributed by atoms with Crippen LogP contribution in [0.15, 0.2) is 24.3 Å². The lowest BCUT2D eigenvalue weighted by Crippen LogP contribution is -2.38. The Balaban J connectivity index is 2.01. The molecule has 1 aliphatic rings. The van der Waals surface area contributed by atoms with E-state index in [0.717, 1.165) is 18.8 Å². The van der Waals surface area contributed by atoms with Crippen molar-refractivity contribution in [3.8, 4) is 0 Å². The first-order valence-electron chi connectivity index (χ1n) is 9.37. The predicted molar refractivity (Wildman–Crippen MR) is 107 cm³/mol. The maximum Gasteiger partial charge on any atom is 0.232 e. The molecular weight excluding hydrogens is 350 g/mol. The fraction of sp³-hybridized carbons (Fsp3) is 0.632. The van der Waals surface area contributed by atoms with Crippen molar-refractivity contribution < 1.29 is 13.2 Å². The summed E-state index contributed by atoms with van der Waals surface area (Å²) in [6.45, 7) is 6.59. The average Bonchev–Trinajstić information content (AvgIpc) is 2.58. The fourth-order valence-electron chi connectivity index (χ4n) is 3.21. The third-order valence-corrected chi connectivity index (χ3v) is 5.68. The fourth-order valence-corrected chi connectivity index (χ4v) is 4.14. The Kier molecular flexibility index (Phi) is 7.32. The van der Waals surface area contributed by atoms with Crippen molar-refractivity contribution in [1.29, 1.82) is 0 Å². The monoisotopic (exact) mass is 381 g/mol. The highest BCUT2D eigenvalue weighted by atomic mass is 32.2. The zero-order valence-corrected chi connectivity index (χ0v) is 16.9. The molecule has 0 aliphatic carbocycles. The molecule has 1 amide bonds. The van der Waals surface area contributed by atoms with Gasteiger partial charge in [-0.1, -0.05) is 13.8 Å². The minimum atomic E-state index is -3.41. The molecule has 0 radical (unpaired) electrons. The molecule has 26 heavy (non-hydrogen) atoms. The molecule has 6 nitrogen and oxygen atoms in total. The van der Waals surface area contributed by atoms with Gasteiger partial charge in [-0.05, 0) is 49.4 Å². The molecule has 1 aliphatic heterocycles. The second kappa shape index (κ2) is 9.26. The Morgan fingerprint density at radius 1 is 1.15 bits per heavy atom. The third kappa shape index (κ3) is 6.20. The van der Waals surface area contributed by atoms with Gasteiger partial charge in [0, 0.05) is 31.7 Å². The van der Waals surface area contributed by atoms with E-state index in [4.69, 9.17) is 0 Å². The SMILES string of the molecule is CC(C)CC(=O)NCCN(c1ccc(N2CCCCC2)cc1)S(C)(=O)=O. The molecule has 1 saturated heterocycles. The van der Waals surface area contributed by atoms with Crippen LogP contribution in [0.5, 0.6) is 0 Å². The average molecular weight is 382 g/mol. The zero-order chi connectivity index (χ0) is 19.2. The number of hydrogen-bond donors (Lipinski definition) is 1. The number of piperidine rings is 1. The second-order valence-corrected chi connectivity index (χ2v) is 9.25. The van der Waals surface area contributed by atoms with Crippen molar-refractivity contribution in [2.75, 3.05) is 41.6 Å². The standard InChI is InChI=1S/C19H31N3O3S/c1-16(2)15-19(23)20-11-14-22(26(3,24)25)18-9-7-17(8-10-18)21-12-5-4-6-13-21/h7-10,16H,4-6,11-15H2,1-3H3,(H,20,23). The van der Waals surface area contributed by atoms with E-state index >= 15 is 0 Å². The van der Waals surface area contributed by atoms with Gasteiger partial charge in [-0.15, -0.1) is 0 Å². The number of benzene rings is 1. The lowest BCUT2D eigenvalue weighted by Gasteiger charge is -2.29. The smallest absolute Gasteiger partial charge is 0.232 e. The Hall–Kier alpha value is -1.76. The maximum absolute atomic E-state index is 12.2. The number of carbonyl (C=O) groups is 1. The molecule has 2 rings (SSSR count). The molecule has 1 fully saturated rings. The highest BCUT2D eigenvalue weighted by Gasteiger charge is 2.18. The van der Waals surface area contributed by atoms with Crippen molar-refractivity contribution in [2.24, 2.45) is 5.92 Å². The maximum atomic E-state index is 12.2. The van der Waals surface area contributed by atoms with Crippen LogP contribution in [0.3, 0.4) is 0 Å². The quantitative estimate of drug-likeness (QED) is 0.751. The van der Waals surface area contributed by atoms with Crippen LogP contribution in [0.2, 0.25) is 0 Å². The van der Waals surface area contributed by atoms with Crippen molar-refractivity contribution in [3.63, 3.8) is 0 Å². The van der Waals surface area contributed by atoms with E-state index in [0.29, 0.717) is 18.7 Å². The zero-order valence-electron chi connectivity index (χ0n) is 16.1. The Bertz CT molecular complexity index is 680. The van der Waals surface area contributed by atoms with Crippen LogP contribution in [0.4, 0.5) is 11.4 Å². The summed E-state index contributed by atoms with van der Waals surface area (Å²) in [7, 11) is -3.41. The Morgan fingerprint density at radius 2 is 1.77 bits per heavy atom. The number of hydrogen-bond acceptors (Lipinski definition) is 4.